The number of benzene rings is 1. The summed E-state index contributed by atoms with van der Waals surface area (Å²) in [6.45, 7) is 0.136. The second-order valence-electron chi connectivity index (χ2n) is 3.29. The summed E-state index contributed by atoms with van der Waals surface area (Å²) in [5.41, 5.74) is 0.567. The van der Waals surface area contributed by atoms with E-state index in [9.17, 15) is 12.8 Å². The van der Waals surface area contributed by atoms with Crippen LogP contribution in [0, 0.1) is 17.1 Å². The van der Waals surface area contributed by atoms with Crippen molar-refractivity contribution in [2.75, 3.05) is 24.7 Å². The SMILES string of the molecule is CNS(=O)(=O)CCNc1cc(F)cc(C#N)c1. The molecular formula is C10H12FN3O2S. The Kier molecular flexibility index (Phi) is 4.43. The Morgan fingerprint density at radius 2 is 2.12 bits per heavy atom. The van der Waals surface area contributed by atoms with Gasteiger partial charge in [0.2, 0.25) is 10.0 Å². The van der Waals surface area contributed by atoms with Gasteiger partial charge in [-0.15, -0.1) is 0 Å². The molecule has 0 radical (unpaired) electrons. The zero-order valence-corrected chi connectivity index (χ0v) is 10.0. The Bertz CT molecular complexity index is 537. The van der Waals surface area contributed by atoms with Gasteiger partial charge in [0, 0.05) is 12.2 Å². The van der Waals surface area contributed by atoms with Gasteiger partial charge in [0.05, 0.1) is 17.4 Å². The normalized spacial score (nSPS) is 10.9. The van der Waals surface area contributed by atoms with E-state index in [-0.39, 0.29) is 17.9 Å². The molecule has 0 unspecified atom stereocenters. The topological polar surface area (TPSA) is 82.0 Å². The first-order chi connectivity index (χ1) is 7.96. The van der Waals surface area contributed by atoms with E-state index in [4.69, 9.17) is 5.26 Å². The number of nitriles is 1. The maximum atomic E-state index is 13.0. The molecule has 1 rings (SSSR count). The summed E-state index contributed by atoms with van der Waals surface area (Å²) in [5, 5.41) is 11.4. The van der Waals surface area contributed by atoms with Crippen LogP contribution in [-0.2, 0) is 10.0 Å². The van der Waals surface area contributed by atoms with Crippen molar-refractivity contribution in [3.8, 4) is 6.07 Å². The van der Waals surface area contributed by atoms with Crippen molar-refractivity contribution in [3.63, 3.8) is 0 Å². The predicted octanol–water partition coefficient (Wildman–Crippen LogP) is 0.658. The molecule has 5 nitrogen and oxygen atoms in total. The molecule has 92 valence electrons. The number of rotatable bonds is 5. The number of nitrogens with one attached hydrogen (secondary N) is 2. The highest BCUT2D eigenvalue weighted by Gasteiger charge is 2.06. The maximum Gasteiger partial charge on any atom is 0.213 e. The van der Waals surface area contributed by atoms with Crippen molar-refractivity contribution in [3.05, 3.63) is 29.6 Å². The van der Waals surface area contributed by atoms with Crippen LogP contribution in [0.2, 0.25) is 0 Å². The molecular weight excluding hydrogens is 245 g/mol. The van der Waals surface area contributed by atoms with Gasteiger partial charge >= 0.3 is 0 Å². The predicted molar refractivity (Wildman–Crippen MR) is 62.5 cm³/mol. The first kappa shape index (κ1) is 13.4. The molecule has 2 N–H and O–H groups in total. The average molecular weight is 257 g/mol. The van der Waals surface area contributed by atoms with Crippen LogP contribution in [-0.4, -0.2) is 27.8 Å². The van der Waals surface area contributed by atoms with Gasteiger partial charge in [-0.05, 0) is 25.2 Å². The number of sulfonamides is 1. The van der Waals surface area contributed by atoms with Gasteiger partial charge in [-0.2, -0.15) is 5.26 Å². The molecule has 0 fully saturated rings. The molecule has 0 aliphatic rings. The fourth-order valence-electron chi connectivity index (χ4n) is 1.19. The first-order valence-corrected chi connectivity index (χ1v) is 6.48. The molecule has 7 heteroatoms. The van der Waals surface area contributed by atoms with E-state index in [1.807, 2.05) is 6.07 Å². The lowest BCUT2D eigenvalue weighted by molar-refractivity contribution is 0.588. The van der Waals surface area contributed by atoms with Crippen LogP contribution in [0.5, 0.6) is 0 Å². The summed E-state index contributed by atoms with van der Waals surface area (Å²) >= 11 is 0. The van der Waals surface area contributed by atoms with Crippen LogP contribution in [0.15, 0.2) is 18.2 Å². The molecule has 0 bridgehead atoms. The van der Waals surface area contributed by atoms with Crippen molar-refractivity contribution < 1.29 is 12.8 Å². The maximum absolute atomic E-state index is 13.0. The molecule has 0 aliphatic heterocycles. The van der Waals surface area contributed by atoms with Gasteiger partial charge in [0.1, 0.15) is 5.82 Å². The quantitative estimate of drug-likeness (QED) is 0.811. The standard InChI is InChI=1S/C10H12FN3O2S/c1-13-17(15,16)3-2-14-10-5-8(7-12)4-9(11)6-10/h4-6,13-14H,2-3H2,1H3. The monoisotopic (exact) mass is 257 g/mol. The Morgan fingerprint density at radius 3 is 2.71 bits per heavy atom. The summed E-state index contributed by atoms with van der Waals surface area (Å²) < 4.78 is 37.4. The lowest BCUT2D eigenvalue weighted by atomic mass is 10.2. The number of hydrogen-bond donors (Lipinski definition) is 2. The Hall–Kier alpha value is -1.65. The highest BCUT2D eigenvalue weighted by molar-refractivity contribution is 7.89. The van der Waals surface area contributed by atoms with Gasteiger partial charge in [0.15, 0.2) is 0 Å². The summed E-state index contributed by atoms with van der Waals surface area (Å²) in [4.78, 5) is 0. The van der Waals surface area contributed by atoms with Crippen molar-refractivity contribution in [2.45, 2.75) is 0 Å². The van der Waals surface area contributed by atoms with Crippen molar-refractivity contribution in [2.24, 2.45) is 0 Å². The van der Waals surface area contributed by atoms with Crippen LogP contribution in [0.4, 0.5) is 10.1 Å². The van der Waals surface area contributed by atoms with E-state index in [0.717, 1.165) is 6.07 Å². The molecule has 0 amide bonds. The van der Waals surface area contributed by atoms with Crippen molar-refractivity contribution in [1.82, 2.24) is 4.72 Å². The third kappa shape index (κ3) is 4.38. The molecule has 0 aliphatic carbocycles. The largest absolute Gasteiger partial charge is 0.384 e. The smallest absolute Gasteiger partial charge is 0.213 e. The first-order valence-electron chi connectivity index (χ1n) is 4.82. The van der Waals surface area contributed by atoms with Gasteiger partial charge in [0.25, 0.3) is 0 Å². The molecule has 1 aromatic rings. The fraction of sp³-hybridized carbons (Fsp3) is 0.300. The van der Waals surface area contributed by atoms with E-state index in [1.165, 1.54) is 19.2 Å². The van der Waals surface area contributed by atoms with E-state index in [0.29, 0.717) is 5.69 Å². The summed E-state index contributed by atoms with van der Waals surface area (Å²) in [7, 11) is -1.96. The second-order valence-corrected chi connectivity index (χ2v) is 5.34. The average Bonchev–Trinajstić information content (AvgIpc) is 2.28. The van der Waals surface area contributed by atoms with Gasteiger partial charge in [-0.25, -0.2) is 17.5 Å². The Labute approximate surface area is 99.3 Å². The van der Waals surface area contributed by atoms with E-state index in [2.05, 4.69) is 10.0 Å². The molecule has 0 spiro atoms. The summed E-state index contributed by atoms with van der Waals surface area (Å²) in [6, 6.07) is 5.58. The van der Waals surface area contributed by atoms with Crippen LogP contribution >= 0.6 is 0 Å². The van der Waals surface area contributed by atoms with Crippen LogP contribution < -0.4 is 10.0 Å². The molecule has 0 heterocycles. The lowest BCUT2D eigenvalue weighted by Gasteiger charge is -2.07. The van der Waals surface area contributed by atoms with Gasteiger partial charge < -0.3 is 5.32 Å². The molecule has 0 saturated carbocycles. The number of hydrogen-bond acceptors (Lipinski definition) is 4. The minimum atomic E-state index is -3.29. The zero-order valence-electron chi connectivity index (χ0n) is 9.20. The van der Waals surface area contributed by atoms with E-state index >= 15 is 0 Å². The Balaban J connectivity index is 2.65. The number of halogens is 1. The fourth-order valence-corrected chi connectivity index (χ4v) is 1.76. The zero-order chi connectivity index (χ0) is 12.9. The lowest BCUT2D eigenvalue weighted by Crippen LogP contribution is -2.26. The minimum Gasteiger partial charge on any atom is -0.384 e. The van der Waals surface area contributed by atoms with Crippen LogP contribution in [0.25, 0.3) is 0 Å². The third-order valence-electron chi connectivity index (χ3n) is 2.04. The van der Waals surface area contributed by atoms with Gasteiger partial charge in [-0.1, -0.05) is 0 Å². The summed E-state index contributed by atoms with van der Waals surface area (Å²) in [5.74, 6) is -0.662. The number of nitrogens with zero attached hydrogens (tertiary/aromatic N) is 1. The molecule has 0 aromatic heterocycles. The van der Waals surface area contributed by atoms with Gasteiger partial charge in [-0.3, -0.25) is 0 Å². The number of anilines is 1. The van der Waals surface area contributed by atoms with Crippen molar-refractivity contribution >= 4 is 15.7 Å². The molecule has 0 atom stereocenters. The third-order valence-corrected chi connectivity index (χ3v) is 3.40. The Morgan fingerprint density at radius 1 is 1.41 bits per heavy atom. The molecule has 1 aromatic carbocycles. The van der Waals surface area contributed by atoms with Crippen molar-refractivity contribution in [1.29, 1.82) is 5.26 Å². The molecule has 0 saturated heterocycles. The molecule has 17 heavy (non-hydrogen) atoms. The highest BCUT2D eigenvalue weighted by atomic mass is 32.2. The minimum absolute atomic E-state index is 0.123. The van der Waals surface area contributed by atoms with E-state index in [1.54, 1.807) is 0 Å². The second kappa shape index (κ2) is 5.61. The highest BCUT2D eigenvalue weighted by Crippen LogP contribution is 2.12. The van der Waals surface area contributed by atoms with Crippen LogP contribution in [0.1, 0.15) is 5.56 Å². The van der Waals surface area contributed by atoms with E-state index < -0.39 is 15.8 Å². The summed E-state index contributed by atoms with van der Waals surface area (Å²) in [6.07, 6.45) is 0. The van der Waals surface area contributed by atoms with Crippen LogP contribution in [0.3, 0.4) is 0 Å².